The lowest BCUT2D eigenvalue weighted by atomic mass is 9.74. The minimum absolute atomic E-state index is 1.24. The zero-order valence-corrected chi connectivity index (χ0v) is 44.6. The molecule has 0 spiro atoms. The first-order chi connectivity index (χ1) is 37.0. The zero-order chi connectivity index (χ0) is 51.7. The van der Waals surface area contributed by atoms with Crippen molar-refractivity contribution in [3.63, 3.8) is 0 Å². The quantitative estimate of drug-likeness (QED) is 0.151. The average molecular weight is 971 g/mol. The molecule has 14 aromatic rings. The molecule has 0 atom stereocenters. The van der Waals surface area contributed by atoms with Gasteiger partial charge in [-0.15, -0.1) is 0 Å². The van der Waals surface area contributed by atoms with Crippen LogP contribution in [0.3, 0.4) is 0 Å². The van der Waals surface area contributed by atoms with E-state index >= 15 is 0 Å². The van der Waals surface area contributed by atoms with Crippen molar-refractivity contribution in [1.29, 1.82) is 0 Å². The Bertz CT molecular complexity index is 4500. The molecule has 0 fully saturated rings. The van der Waals surface area contributed by atoms with Crippen LogP contribution in [0, 0.1) is 55.4 Å². The SMILES string of the molecule is Cc1cc2c(-c3cccc4ccccc34)c3cc(C)c(C)c(-c4c(C)c(C)cc5c(-c6cccc7ccccc67)c6cc(C)c(C)cc6c(-c6cccc7ccccc67)c45)c3c(-c3cccc4ccccc34)c2cc1C. The van der Waals surface area contributed by atoms with E-state index in [2.05, 4.69) is 262 Å². The highest BCUT2D eigenvalue weighted by Gasteiger charge is 2.30. The van der Waals surface area contributed by atoms with Crippen molar-refractivity contribution >= 4 is 86.2 Å². The summed E-state index contributed by atoms with van der Waals surface area (Å²) in [5.74, 6) is 0. The fraction of sp³-hybridized carbons (Fsp3) is 0.105. The van der Waals surface area contributed by atoms with Gasteiger partial charge in [0, 0.05) is 0 Å². The molecule has 14 rings (SSSR count). The number of fused-ring (bicyclic) bond motifs is 8. The summed E-state index contributed by atoms with van der Waals surface area (Å²) < 4.78 is 0. The predicted octanol–water partition coefficient (Wildman–Crippen LogP) is 21.7. The molecule has 0 nitrogen and oxygen atoms in total. The molecule has 0 aliphatic rings. The molecule has 0 aliphatic heterocycles. The van der Waals surface area contributed by atoms with Crippen molar-refractivity contribution in [3.05, 3.63) is 251 Å². The molecule has 362 valence electrons. The summed E-state index contributed by atoms with van der Waals surface area (Å²) in [6.07, 6.45) is 0. The Morgan fingerprint density at radius 1 is 0.184 bits per heavy atom. The zero-order valence-electron chi connectivity index (χ0n) is 44.6. The van der Waals surface area contributed by atoms with E-state index in [4.69, 9.17) is 0 Å². The van der Waals surface area contributed by atoms with E-state index in [0.717, 1.165) is 0 Å². The van der Waals surface area contributed by atoms with E-state index in [0.29, 0.717) is 0 Å². The Balaban J connectivity index is 1.31. The van der Waals surface area contributed by atoms with Crippen molar-refractivity contribution in [1.82, 2.24) is 0 Å². The molecular formula is C76H58. The normalized spacial score (nSPS) is 11.9. The lowest BCUT2D eigenvalue weighted by Gasteiger charge is -2.28. The van der Waals surface area contributed by atoms with Crippen molar-refractivity contribution in [2.45, 2.75) is 55.4 Å². The number of hydrogen-bond donors (Lipinski definition) is 0. The van der Waals surface area contributed by atoms with Gasteiger partial charge >= 0.3 is 0 Å². The van der Waals surface area contributed by atoms with E-state index in [1.54, 1.807) is 0 Å². The van der Waals surface area contributed by atoms with Crippen LogP contribution in [0.4, 0.5) is 0 Å². The third kappa shape index (κ3) is 6.76. The average Bonchev–Trinajstić information content (AvgIpc) is 3.64. The molecule has 0 unspecified atom stereocenters. The molecule has 0 amide bonds. The van der Waals surface area contributed by atoms with Crippen LogP contribution in [0.1, 0.15) is 44.5 Å². The summed E-state index contributed by atoms with van der Waals surface area (Å²) in [5.41, 5.74) is 23.1. The maximum absolute atomic E-state index is 2.54. The third-order valence-electron chi connectivity index (χ3n) is 17.6. The Morgan fingerprint density at radius 2 is 0.421 bits per heavy atom. The van der Waals surface area contributed by atoms with Gasteiger partial charge in [0.1, 0.15) is 0 Å². The first-order valence-corrected chi connectivity index (χ1v) is 27.0. The minimum atomic E-state index is 1.24. The van der Waals surface area contributed by atoms with Crippen molar-refractivity contribution in [2.24, 2.45) is 0 Å². The second kappa shape index (κ2) is 17.4. The topological polar surface area (TPSA) is 0 Å². The van der Waals surface area contributed by atoms with Crippen LogP contribution in [-0.2, 0) is 0 Å². The molecule has 0 bridgehead atoms. The predicted molar refractivity (Wildman–Crippen MR) is 332 cm³/mol. The maximum Gasteiger partial charge on any atom is -0.00107 e. The minimum Gasteiger partial charge on any atom is -0.0616 e. The first kappa shape index (κ1) is 45.7. The molecule has 0 aromatic heterocycles. The highest BCUT2D eigenvalue weighted by atomic mass is 14.3. The fourth-order valence-electron chi connectivity index (χ4n) is 13.3. The Morgan fingerprint density at radius 3 is 0.724 bits per heavy atom. The lowest BCUT2D eigenvalue weighted by molar-refractivity contribution is 1.33. The van der Waals surface area contributed by atoms with Crippen LogP contribution in [0.15, 0.2) is 206 Å². The lowest BCUT2D eigenvalue weighted by Crippen LogP contribution is -2.02. The summed E-state index contributed by atoms with van der Waals surface area (Å²) in [6.45, 7) is 18.7. The van der Waals surface area contributed by atoms with Crippen LogP contribution in [-0.4, -0.2) is 0 Å². The fourth-order valence-corrected chi connectivity index (χ4v) is 13.3. The highest BCUT2D eigenvalue weighted by molar-refractivity contribution is 6.33. The van der Waals surface area contributed by atoms with Crippen molar-refractivity contribution in [3.8, 4) is 55.6 Å². The monoisotopic (exact) mass is 970 g/mol. The number of hydrogen-bond acceptors (Lipinski definition) is 0. The number of benzene rings is 14. The standard InChI is InChI=1S/C76H58/c1-43-37-63-65(39-45(43)3)73(61-35-19-27-53-23-11-15-31-57(53)61)75-67(71(63)59-33-17-25-51-21-9-13-29-55(51)59)41-47(5)49(7)69(75)70-50(8)48(6)42-68-72(60-34-18-26-52-22-10-14-30-56(52)60)64-38-44(2)46(4)40-66(64)74(76(68)70)62-36-20-28-54-24-12-16-32-58(54)62/h9-42H,1-8H3. The third-order valence-corrected chi connectivity index (χ3v) is 17.6. The van der Waals surface area contributed by atoms with Gasteiger partial charge in [-0.1, -0.05) is 206 Å². The Labute approximate surface area is 445 Å². The Hall–Kier alpha value is -8.84. The Kier molecular flexibility index (Phi) is 10.5. The molecule has 0 heteroatoms. The molecule has 0 radical (unpaired) electrons. The second-order valence-corrected chi connectivity index (χ2v) is 21.8. The second-order valence-electron chi connectivity index (χ2n) is 21.8. The molecule has 0 heterocycles. The van der Waals surface area contributed by atoms with Gasteiger partial charge in [0.05, 0.1) is 0 Å². The summed E-state index contributed by atoms with van der Waals surface area (Å²) >= 11 is 0. The van der Waals surface area contributed by atoms with Gasteiger partial charge < -0.3 is 0 Å². The summed E-state index contributed by atoms with van der Waals surface area (Å²) in [7, 11) is 0. The summed E-state index contributed by atoms with van der Waals surface area (Å²) in [6, 6.07) is 78.7. The largest absolute Gasteiger partial charge is 0.0616 e. The van der Waals surface area contributed by atoms with Crippen LogP contribution >= 0.6 is 0 Å². The molecule has 0 saturated heterocycles. The number of aryl methyl sites for hydroxylation is 6. The van der Waals surface area contributed by atoms with E-state index in [9.17, 15) is 0 Å². The maximum atomic E-state index is 2.54. The van der Waals surface area contributed by atoms with E-state index in [1.807, 2.05) is 0 Å². The van der Waals surface area contributed by atoms with E-state index in [1.165, 1.54) is 186 Å². The molecular weight excluding hydrogens is 913 g/mol. The molecule has 76 heavy (non-hydrogen) atoms. The molecule has 14 aromatic carbocycles. The molecule has 0 N–H and O–H groups in total. The van der Waals surface area contributed by atoms with Crippen LogP contribution in [0.2, 0.25) is 0 Å². The van der Waals surface area contributed by atoms with Gasteiger partial charge in [0.15, 0.2) is 0 Å². The van der Waals surface area contributed by atoms with E-state index < -0.39 is 0 Å². The van der Waals surface area contributed by atoms with E-state index in [-0.39, 0.29) is 0 Å². The summed E-state index contributed by atoms with van der Waals surface area (Å²) in [4.78, 5) is 0. The van der Waals surface area contributed by atoms with Crippen LogP contribution < -0.4 is 0 Å². The smallest absolute Gasteiger partial charge is 0.00107 e. The van der Waals surface area contributed by atoms with Gasteiger partial charge in [0.2, 0.25) is 0 Å². The van der Waals surface area contributed by atoms with Gasteiger partial charge in [-0.05, 0) is 242 Å². The summed E-state index contributed by atoms with van der Waals surface area (Å²) in [5, 5.41) is 20.2. The van der Waals surface area contributed by atoms with Crippen molar-refractivity contribution in [2.75, 3.05) is 0 Å². The molecule has 0 aliphatic carbocycles. The van der Waals surface area contributed by atoms with Crippen LogP contribution in [0.25, 0.3) is 142 Å². The van der Waals surface area contributed by atoms with Gasteiger partial charge in [-0.2, -0.15) is 0 Å². The first-order valence-electron chi connectivity index (χ1n) is 27.0. The van der Waals surface area contributed by atoms with Gasteiger partial charge in [0.25, 0.3) is 0 Å². The molecule has 0 saturated carbocycles. The number of rotatable bonds is 5. The van der Waals surface area contributed by atoms with Crippen molar-refractivity contribution < 1.29 is 0 Å². The van der Waals surface area contributed by atoms with Gasteiger partial charge in [-0.3, -0.25) is 0 Å². The highest BCUT2D eigenvalue weighted by Crippen LogP contribution is 2.56. The van der Waals surface area contributed by atoms with Crippen LogP contribution in [0.5, 0.6) is 0 Å². The van der Waals surface area contributed by atoms with Gasteiger partial charge in [-0.25, -0.2) is 0 Å².